The lowest BCUT2D eigenvalue weighted by Gasteiger charge is -2.14. The summed E-state index contributed by atoms with van der Waals surface area (Å²) < 4.78 is 4.82. The summed E-state index contributed by atoms with van der Waals surface area (Å²) in [5, 5.41) is 5.63. The van der Waals surface area contributed by atoms with E-state index >= 15 is 0 Å². The van der Waals surface area contributed by atoms with E-state index in [-0.39, 0.29) is 5.91 Å². The Kier molecular flexibility index (Phi) is 6.57. The number of amides is 2. The van der Waals surface area contributed by atoms with Crippen LogP contribution in [0.4, 0.5) is 16.2 Å². The molecule has 2 aromatic carbocycles. The average Bonchev–Trinajstić information content (AvgIpc) is 2.62. The summed E-state index contributed by atoms with van der Waals surface area (Å²) in [7, 11) is 0. The third-order valence-corrected chi connectivity index (χ3v) is 3.91. The fraction of sp³-hybridized carbons (Fsp3) is 0.300. The highest BCUT2D eigenvalue weighted by Crippen LogP contribution is 2.23. The maximum absolute atomic E-state index is 12.6. The van der Waals surface area contributed by atoms with E-state index in [2.05, 4.69) is 24.5 Å². The Morgan fingerprint density at radius 1 is 0.880 bits per heavy atom. The molecule has 5 nitrogen and oxygen atoms in total. The number of benzene rings is 2. The largest absolute Gasteiger partial charge is 0.450 e. The fourth-order valence-electron chi connectivity index (χ4n) is 2.58. The minimum atomic E-state index is -0.510. The monoisotopic (exact) mass is 340 g/mol. The molecule has 0 unspecified atom stereocenters. The quantitative estimate of drug-likeness (QED) is 0.805. The molecular formula is C20H24N2O3. The molecule has 0 aliphatic heterocycles. The predicted molar refractivity (Wildman–Crippen MR) is 100 cm³/mol. The first kappa shape index (κ1) is 18.5. The van der Waals surface area contributed by atoms with Crippen LogP contribution in [0.5, 0.6) is 0 Å². The molecule has 0 heterocycles. The van der Waals surface area contributed by atoms with Crippen LogP contribution in [-0.4, -0.2) is 18.6 Å². The van der Waals surface area contributed by atoms with Gasteiger partial charge in [-0.15, -0.1) is 0 Å². The van der Waals surface area contributed by atoms with Crippen LogP contribution in [0.25, 0.3) is 0 Å². The van der Waals surface area contributed by atoms with Gasteiger partial charge in [-0.25, -0.2) is 4.79 Å². The van der Waals surface area contributed by atoms with Crippen LogP contribution in [0.1, 0.15) is 42.3 Å². The number of ether oxygens (including phenoxy) is 1. The Morgan fingerprint density at radius 3 is 2.00 bits per heavy atom. The van der Waals surface area contributed by atoms with Crippen LogP contribution in [0.15, 0.2) is 42.5 Å². The number of hydrogen-bond acceptors (Lipinski definition) is 3. The zero-order chi connectivity index (χ0) is 18.2. The van der Waals surface area contributed by atoms with Gasteiger partial charge in [-0.05, 0) is 55.2 Å². The first-order valence-electron chi connectivity index (χ1n) is 8.54. The van der Waals surface area contributed by atoms with E-state index in [1.165, 1.54) is 0 Å². The SMILES string of the molecule is CCOC(=O)Nc1ccc(C(=O)Nc2c(CC)cccc2CC)cc1. The van der Waals surface area contributed by atoms with E-state index in [0.29, 0.717) is 17.9 Å². The van der Waals surface area contributed by atoms with Crippen molar-refractivity contribution >= 4 is 23.4 Å². The van der Waals surface area contributed by atoms with E-state index < -0.39 is 6.09 Å². The summed E-state index contributed by atoms with van der Waals surface area (Å²) >= 11 is 0. The second kappa shape index (κ2) is 8.87. The van der Waals surface area contributed by atoms with Crippen LogP contribution >= 0.6 is 0 Å². The molecule has 0 aromatic heterocycles. The highest BCUT2D eigenvalue weighted by Gasteiger charge is 2.12. The van der Waals surface area contributed by atoms with Crippen LogP contribution < -0.4 is 10.6 Å². The van der Waals surface area contributed by atoms with E-state index in [0.717, 1.165) is 29.7 Å². The van der Waals surface area contributed by atoms with Gasteiger partial charge in [0.15, 0.2) is 0 Å². The van der Waals surface area contributed by atoms with Gasteiger partial charge < -0.3 is 10.1 Å². The topological polar surface area (TPSA) is 67.4 Å². The second-order valence-electron chi connectivity index (χ2n) is 5.54. The predicted octanol–water partition coefficient (Wildman–Crippen LogP) is 4.63. The van der Waals surface area contributed by atoms with Crippen LogP contribution in [0.2, 0.25) is 0 Å². The van der Waals surface area contributed by atoms with E-state index in [1.54, 1.807) is 31.2 Å². The Labute approximate surface area is 148 Å². The number of nitrogens with one attached hydrogen (secondary N) is 2. The van der Waals surface area contributed by atoms with Gasteiger partial charge in [-0.2, -0.15) is 0 Å². The van der Waals surface area contributed by atoms with Crippen molar-refractivity contribution in [3.8, 4) is 0 Å². The number of para-hydroxylation sites is 1. The number of carbonyl (C=O) groups is 2. The minimum Gasteiger partial charge on any atom is -0.450 e. The van der Waals surface area contributed by atoms with Crippen molar-refractivity contribution in [1.82, 2.24) is 0 Å². The molecule has 0 atom stereocenters. The molecule has 2 rings (SSSR count). The van der Waals surface area contributed by atoms with Crippen LogP contribution in [0, 0.1) is 0 Å². The van der Waals surface area contributed by atoms with Gasteiger partial charge in [0, 0.05) is 16.9 Å². The first-order chi connectivity index (χ1) is 12.1. The number of rotatable bonds is 6. The molecule has 25 heavy (non-hydrogen) atoms. The van der Waals surface area contributed by atoms with Gasteiger partial charge in [0.2, 0.25) is 0 Å². The summed E-state index contributed by atoms with van der Waals surface area (Å²) in [5.74, 6) is -0.168. The Bertz CT molecular complexity index is 717. The molecule has 2 aromatic rings. The van der Waals surface area contributed by atoms with Gasteiger partial charge in [0.05, 0.1) is 6.61 Å². The molecule has 0 fully saturated rings. The van der Waals surface area contributed by atoms with Crippen molar-refractivity contribution in [1.29, 1.82) is 0 Å². The van der Waals surface area contributed by atoms with Crippen LogP contribution in [0.3, 0.4) is 0 Å². The Morgan fingerprint density at radius 2 is 1.48 bits per heavy atom. The lowest BCUT2D eigenvalue weighted by Crippen LogP contribution is -2.16. The van der Waals surface area contributed by atoms with Crippen molar-refractivity contribution in [2.45, 2.75) is 33.6 Å². The molecule has 5 heteroatoms. The molecule has 0 spiro atoms. The summed E-state index contributed by atoms with van der Waals surface area (Å²) in [4.78, 5) is 24.0. The average molecular weight is 340 g/mol. The number of anilines is 2. The van der Waals surface area contributed by atoms with Gasteiger partial charge >= 0.3 is 6.09 Å². The van der Waals surface area contributed by atoms with Gasteiger partial charge in [0.25, 0.3) is 5.91 Å². The number of hydrogen-bond donors (Lipinski definition) is 2. The summed E-state index contributed by atoms with van der Waals surface area (Å²) in [6, 6.07) is 12.8. The third kappa shape index (κ3) is 4.83. The molecule has 0 bridgehead atoms. The third-order valence-electron chi connectivity index (χ3n) is 3.91. The molecule has 132 valence electrons. The maximum Gasteiger partial charge on any atom is 0.411 e. The van der Waals surface area contributed by atoms with E-state index in [9.17, 15) is 9.59 Å². The zero-order valence-electron chi connectivity index (χ0n) is 14.9. The molecular weight excluding hydrogens is 316 g/mol. The Balaban J connectivity index is 2.13. The fourth-order valence-corrected chi connectivity index (χ4v) is 2.58. The highest BCUT2D eigenvalue weighted by molar-refractivity contribution is 6.05. The van der Waals surface area contributed by atoms with Crippen molar-refractivity contribution < 1.29 is 14.3 Å². The van der Waals surface area contributed by atoms with Gasteiger partial charge in [-0.1, -0.05) is 32.0 Å². The molecule has 2 amide bonds. The van der Waals surface area contributed by atoms with E-state index in [4.69, 9.17) is 4.74 Å². The smallest absolute Gasteiger partial charge is 0.411 e. The first-order valence-corrected chi connectivity index (χ1v) is 8.54. The van der Waals surface area contributed by atoms with Crippen molar-refractivity contribution in [3.05, 3.63) is 59.2 Å². The molecule has 0 saturated carbocycles. The van der Waals surface area contributed by atoms with Crippen molar-refractivity contribution in [2.24, 2.45) is 0 Å². The molecule has 0 aliphatic carbocycles. The highest BCUT2D eigenvalue weighted by atomic mass is 16.5. The van der Waals surface area contributed by atoms with Crippen LogP contribution in [-0.2, 0) is 17.6 Å². The number of carbonyl (C=O) groups excluding carboxylic acids is 2. The minimum absolute atomic E-state index is 0.168. The zero-order valence-corrected chi connectivity index (χ0v) is 14.9. The molecule has 2 N–H and O–H groups in total. The van der Waals surface area contributed by atoms with Crippen molar-refractivity contribution in [3.63, 3.8) is 0 Å². The second-order valence-corrected chi connectivity index (χ2v) is 5.54. The summed E-state index contributed by atoms with van der Waals surface area (Å²) in [5.41, 5.74) is 4.24. The van der Waals surface area contributed by atoms with Crippen molar-refractivity contribution in [2.75, 3.05) is 17.2 Å². The molecule has 0 aliphatic rings. The number of aryl methyl sites for hydroxylation is 2. The lowest BCUT2D eigenvalue weighted by molar-refractivity contribution is 0.102. The lowest BCUT2D eigenvalue weighted by atomic mass is 10.0. The molecule has 0 radical (unpaired) electrons. The normalized spacial score (nSPS) is 10.2. The maximum atomic E-state index is 12.6. The van der Waals surface area contributed by atoms with Gasteiger partial charge in [0.1, 0.15) is 0 Å². The molecule has 0 saturated heterocycles. The van der Waals surface area contributed by atoms with Gasteiger partial charge in [-0.3, -0.25) is 10.1 Å². The standard InChI is InChI=1S/C20H24N2O3/c1-4-14-8-7-9-15(5-2)18(14)22-19(23)16-10-12-17(13-11-16)21-20(24)25-6-3/h7-13H,4-6H2,1-3H3,(H,21,24)(H,22,23). The summed E-state index contributed by atoms with van der Waals surface area (Å²) in [6.45, 7) is 6.19. The van der Waals surface area contributed by atoms with E-state index in [1.807, 2.05) is 18.2 Å². The Hall–Kier alpha value is -2.82. The summed E-state index contributed by atoms with van der Waals surface area (Å²) in [6.07, 6.45) is 1.20.